The summed E-state index contributed by atoms with van der Waals surface area (Å²) in [6.45, 7) is 14.3. The molecule has 1 heterocycles. The molecule has 1 unspecified atom stereocenters. The van der Waals surface area contributed by atoms with Gasteiger partial charge in [0.2, 0.25) is 0 Å². The fraction of sp³-hybridized carbons (Fsp3) is 0.938. The summed E-state index contributed by atoms with van der Waals surface area (Å²) >= 11 is 0. The number of piperazine rings is 1. The third kappa shape index (κ3) is 7.96. The van der Waals surface area contributed by atoms with E-state index in [1.54, 1.807) is 7.11 Å². The highest BCUT2D eigenvalue weighted by Crippen LogP contribution is 2.04. The predicted molar refractivity (Wildman–Crippen MR) is 93.6 cm³/mol. The van der Waals surface area contributed by atoms with Crippen LogP contribution >= 0.6 is 0 Å². The molecule has 0 aromatic rings. The van der Waals surface area contributed by atoms with Crippen molar-refractivity contribution in [3.8, 4) is 0 Å². The number of hydrogen-bond acceptors (Lipinski definition) is 4. The van der Waals surface area contributed by atoms with Crippen LogP contribution in [0.3, 0.4) is 0 Å². The van der Waals surface area contributed by atoms with E-state index >= 15 is 0 Å². The molecule has 6 nitrogen and oxygen atoms in total. The fourth-order valence-electron chi connectivity index (χ4n) is 2.71. The van der Waals surface area contributed by atoms with Crippen molar-refractivity contribution in [2.75, 3.05) is 73.1 Å². The predicted octanol–water partition coefficient (Wildman–Crippen LogP) is 0.462. The van der Waals surface area contributed by atoms with Crippen LogP contribution in [0.25, 0.3) is 0 Å². The normalized spacial score (nSPS) is 19.2. The lowest BCUT2D eigenvalue weighted by molar-refractivity contribution is 0.124. The molecule has 0 amide bonds. The summed E-state index contributed by atoms with van der Waals surface area (Å²) in [6.07, 6.45) is 0.995. The molecular weight excluding hydrogens is 278 g/mol. The van der Waals surface area contributed by atoms with Gasteiger partial charge in [-0.05, 0) is 18.9 Å². The van der Waals surface area contributed by atoms with Crippen molar-refractivity contribution in [1.29, 1.82) is 0 Å². The fourth-order valence-corrected chi connectivity index (χ4v) is 2.71. The Labute approximate surface area is 136 Å². The van der Waals surface area contributed by atoms with Crippen LogP contribution in [-0.4, -0.2) is 88.9 Å². The van der Waals surface area contributed by atoms with Gasteiger partial charge in [0.1, 0.15) is 0 Å². The van der Waals surface area contributed by atoms with Gasteiger partial charge in [-0.15, -0.1) is 0 Å². The highest BCUT2D eigenvalue weighted by Gasteiger charge is 2.17. The monoisotopic (exact) mass is 313 g/mol. The van der Waals surface area contributed by atoms with E-state index in [2.05, 4.69) is 39.3 Å². The molecule has 0 aromatic carbocycles. The third-order valence-corrected chi connectivity index (χ3v) is 4.14. The first-order valence-electron chi connectivity index (χ1n) is 8.57. The Kier molecular flexibility index (Phi) is 10.2. The smallest absolute Gasteiger partial charge is 0.190 e. The average Bonchev–Trinajstić information content (AvgIpc) is 2.55. The van der Waals surface area contributed by atoms with Gasteiger partial charge in [0.05, 0.1) is 0 Å². The third-order valence-electron chi connectivity index (χ3n) is 4.14. The topological polar surface area (TPSA) is 52.1 Å². The molecule has 1 fully saturated rings. The maximum absolute atomic E-state index is 5.05. The maximum atomic E-state index is 5.05. The van der Waals surface area contributed by atoms with E-state index in [-0.39, 0.29) is 0 Å². The zero-order chi connectivity index (χ0) is 16.2. The van der Waals surface area contributed by atoms with E-state index in [0.717, 1.165) is 38.6 Å². The molecule has 0 spiro atoms. The van der Waals surface area contributed by atoms with Gasteiger partial charge in [0.15, 0.2) is 5.96 Å². The van der Waals surface area contributed by atoms with Gasteiger partial charge in [-0.1, -0.05) is 13.8 Å². The number of methoxy groups -OCH3 is 1. The standard InChI is InChI=1S/C16H35N5O/c1-5-20-8-10-21(11-9-20)14-15(2)13-19-16(17-3)18-7-6-12-22-4/h15H,5-14H2,1-4H3,(H2,17,18,19). The molecule has 0 aromatic heterocycles. The first kappa shape index (κ1) is 19.2. The van der Waals surface area contributed by atoms with Gasteiger partial charge < -0.3 is 25.2 Å². The molecule has 0 radical (unpaired) electrons. The van der Waals surface area contributed by atoms with E-state index in [1.807, 2.05) is 7.05 Å². The Morgan fingerprint density at radius 3 is 2.45 bits per heavy atom. The second kappa shape index (κ2) is 11.7. The molecule has 0 bridgehead atoms. The van der Waals surface area contributed by atoms with Crippen LogP contribution in [0.2, 0.25) is 0 Å². The number of nitrogens with zero attached hydrogens (tertiary/aromatic N) is 3. The van der Waals surface area contributed by atoms with Crippen LogP contribution in [0, 0.1) is 5.92 Å². The number of hydrogen-bond donors (Lipinski definition) is 2. The van der Waals surface area contributed by atoms with Gasteiger partial charge in [-0.3, -0.25) is 4.99 Å². The number of ether oxygens (including phenoxy) is 1. The lowest BCUT2D eigenvalue weighted by Gasteiger charge is -2.35. The van der Waals surface area contributed by atoms with Crippen LogP contribution in [0.4, 0.5) is 0 Å². The molecule has 0 saturated carbocycles. The largest absolute Gasteiger partial charge is 0.385 e. The minimum atomic E-state index is 0.616. The quantitative estimate of drug-likeness (QED) is 0.368. The van der Waals surface area contributed by atoms with E-state index < -0.39 is 0 Å². The Morgan fingerprint density at radius 1 is 1.18 bits per heavy atom. The zero-order valence-corrected chi connectivity index (χ0v) is 14.9. The SMILES string of the molecule is CCN1CCN(CC(C)CNC(=NC)NCCCOC)CC1. The Morgan fingerprint density at radius 2 is 1.86 bits per heavy atom. The molecule has 1 atom stereocenters. The van der Waals surface area contributed by atoms with Crippen LogP contribution in [0.15, 0.2) is 4.99 Å². The maximum Gasteiger partial charge on any atom is 0.190 e. The van der Waals surface area contributed by atoms with Gasteiger partial charge in [0.25, 0.3) is 0 Å². The van der Waals surface area contributed by atoms with Gasteiger partial charge in [-0.25, -0.2) is 0 Å². The number of likely N-dealkylation sites (N-methyl/N-ethyl adjacent to an activating group) is 1. The number of guanidine groups is 1. The highest BCUT2D eigenvalue weighted by molar-refractivity contribution is 5.79. The Balaban J connectivity index is 2.14. The van der Waals surface area contributed by atoms with Crippen molar-refractivity contribution in [3.05, 3.63) is 0 Å². The summed E-state index contributed by atoms with van der Waals surface area (Å²) in [6, 6.07) is 0. The van der Waals surface area contributed by atoms with Crippen molar-refractivity contribution in [1.82, 2.24) is 20.4 Å². The second-order valence-electron chi connectivity index (χ2n) is 6.07. The van der Waals surface area contributed by atoms with Crippen molar-refractivity contribution in [2.45, 2.75) is 20.3 Å². The van der Waals surface area contributed by atoms with E-state index in [9.17, 15) is 0 Å². The van der Waals surface area contributed by atoms with E-state index in [0.29, 0.717) is 5.92 Å². The van der Waals surface area contributed by atoms with Crippen molar-refractivity contribution < 1.29 is 4.74 Å². The van der Waals surface area contributed by atoms with Crippen LogP contribution in [0.5, 0.6) is 0 Å². The number of rotatable bonds is 9. The van der Waals surface area contributed by atoms with Crippen LogP contribution < -0.4 is 10.6 Å². The number of aliphatic imine (C=N–C) groups is 1. The molecule has 22 heavy (non-hydrogen) atoms. The number of nitrogens with one attached hydrogen (secondary N) is 2. The van der Waals surface area contributed by atoms with Gasteiger partial charge >= 0.3 is 0 Å². The lowest BCUT2D eigenvalue weighted by atomic mass is 10.1. The van der Waals surface area contributed by atoms with E-state index in [4.69, 9.17) is 4.74 Å². The van der Waals surface area contributed by atoms with Crippen molar-refractivity contribution in [3.63, 3.8) is 0 Å². The molecule has 0 aliphatic carbocycles. The lowest BCUT2D eigenvalue weighted by Crippen LogP contribution is -2.48. The molecule has 1 aliphatic rings. The molecule has 1 rings (SSSR count). The molecule has 130 valence electrons. The van der Waals surface area contributed by atoms with Crippen LogP contribution in [-0.2, 0) is 4.74 Å². The molecule has 2 N–H and O–H groups in total. The Hall–Kier alpha value is -0.850. The summed E-state index contributed by atoms with van der Waals surface area (Å²) in [7, 11) is 3.55. The highest BCUT2D eigenvalue weighted by atomic mass is 16.5. The second-order valence-corrected chi connectivity index (χ2v) is 6.07. The van der Waals surface area contributed by atoms with Gasteiger partial charge in [-0.2, -0.15) is 0 Å². The van der Waals surface area contributed by atoms with E-state index in [1.165, 1.54) is 32.7 Å². The van der Waals surface area contributed by atoms with Crippen LogP contribution in [0.1, 0.15) is 20.3 Å². The molecular formula is C16H35N5O. The van der Waals surface area contributed by atoms with Crippen molar-refractivity contribution in [2.24, 2.45) is 10.9 Å². The summed E-state index contributed by atoms with van der Waals surface area (Å²) in [5.41, 5.74) is 0. The molecule has 1 aliphatic heterocycles. The summed E-state index contributed by atoms with van der Waals surface area (Å²) in [4.78, 5) is 9.35. The summed E-state index contributed by atoms with van der Waals surface area (Å²) in [5, 5.41) is 6.73. The minimum Gasteiger partial charge on any atom is -0.385 e. The first-order valence-corrected chi connectivity index (χ1v) is 8.57. The minimum absolute atomic E-state index is 0.616. The van der Waals surface area contributed by atoms with Gasteiger partial charge in [0, 0.05) is 66.6 Å². The molecule has 6 heteroatoms. The summed E-state index contributed by atoms with van der Waals surface area (Å²) < 4.78 is 5.05. The Bertz CT molecular complexity index is 303. The summed E-state index contributed by atoms with van der Waals surface area (Å²) in [5.74, 6) is 1.50. The van der Waals surface area contributed by atoms with Crippen molar-refractivity contribution >= 4 is 5.96 Å². The average molecular weight is 313 g/mol. The molecule has 1 saturated heterocycles. The zero-order valence-electron chi connectivity index (χ0n) is 14.9. The first-order chi connectivity index (χ1) is 10.7.